The molecule has 1 atom stereocenters. The van der Waals surface area contributed by atoms with Gasteiger partial charge in [0.05, 0.1) is 6.54 Å². The lowest BCUT2D eigenvalue weighted by molar-refractivity contribution is 0.401. The Morgan fingerprint density at radius 2 is 2.09 bits per heavy atom. The van der Waals surface area contributed by atoms with Crippen LogP contribution in [0.25, 0.3) is 11.0 Å². The van der Waals surface area contributed by atoms with Gasteiger partial charge in [-0.25, -0.2) is 17.8 Å². The van der Waals surface area contributed by atoms with Crippen LogP contribution < -0.4 is 10.5 Å². The fraction of sp³-hybridized carbons (Fsp3) is 0.435. The predicted molar refractivity (Wildman–Crippen MR) is 129 cm³/mol. The Labute approximate surface area is 202 Å². The molecule has 0 N–H and O–H groups in total. The van der Waals surface area contributed by atoms with Crippen LogP contribution in [0.3, 0.4) is 0 Å². The lowest BCUT2D eigenvalue weighted by Gasteiger charge is -2.34. The van der Waals surface area contributed by atoms with Crippen molar-refractivity contribution >= 4 is 38.3 Å². The van der Waals surface area contributed by atoms with Crippen molar-refractivity contribution in [1.29, 1.82) is 5.26 Å². The zero-order valence-corrected chi connectivity index (χ0v) is 20.7. The Kier molecular flexibility index (Phi) is 6.44. The van der Waals surface area contributed by atoms with E-state index in [-0.39, 0.29) is 23.1 Å². The summed E-state index contributed by atoms with van der Waals surface area (Å²) in [6, 6.07) is 6.13. The smallest absolute Gasteiger partial charge is 0.278 e. The number of halogens is 2. The minimum atomic E-state index is -3.84. The third-order valence-corrected chi connectivity index (χ3v) is 7.78. The fourth-order valence-corrected chi connectivity index (χ4v) is 5.69. The maximum absolute atomic E-state index is 14.0. The Hall–Kier alpha value is -2.90. The average molecular weight is 506 g/mol. The lowest BCUT2D eigenvalue weighted by atomic mass is 9.95. The number of hydrogen-bond acceptors (Lipinski definition) is 6. The highest BCUT2D eigenvalue weighted by molar-refractivity contribution is 7.90. The molecule has 1 aliphatic rings. The van der Waals surface area contributed by atoms with E-state index in [0.717, 1.165) is 30.1 Å². The summed E-state index contributed by atoms with van der Waals surface area (Å²) in [5.41, 5.74) is 0.0572. The SMILES string of the molecule is CC[C@@H]1CCCN(c2c(C#N)c3nc(S(C)(=O)=O)n(C)c(=O)c3n2Cc2cc(F)ccc2Cl)C1. The Balaban J connectivity index is 2.08. The summed E-state index contributed by atoms with van der Waals surface area (Å²) >= 11 is 6.34. The highest BCUT2D eigenvalue weighted by Gasteiger charge is 2.31. The quantitative estimate of drug-likeness (QED) is 0.492. The molecule has 0 bridgehead atoms. The molecule has 180 valence electrons. The van der Waals surface area contributed by atoms with Gasteiger partial charge in [-0.05, 0) is 42.5 Å². The maximum Gasteiger partial charge on any atom is 0.278 e. The summed E-state index contributed by atoms with van der Waals surface area (Å²) in [7, 11) is -2.51. The van der Waals surface area contributed by atoms with Crippen LogP contribution in [0.2, 0.25) is 5.02 Å². The van der Waals surface area contributed by atoms with Gasteiger partial charge in [0.1, 0.15) is 34.3 Å². The number of sulfone groups is 1. The Morgan fingerprint density at radius 3 is 2.74 bits per heavy atom. The average Bonchev–Trinajstić information content (AvgIpc) is 3.11. The van der Waals surface area contributed by atoms with Crippen molar-refractivity contribution in [3.8, 4) is 6.07 Å². The molecule has 1 aliphatic heterocycles. The number of benzene rings is 1. The summed E-state index contributed by atoms with van der Waals surface area (Å²) in [6.07, 6.45) is 3.90. The van der Waals surface area contributed by atoms with Crippen LogP contribution in [-0.4, -0.2) is 41.9 Å². The second-order valence-electron chi connectivity index (χ2n) is 8.72. The summed E-state index contributed by atoms with van der Waals surface area (Å²) in [4.78, 5) is 19.8. The molecule has 0 amide bonds. The van der Waals surface area contributed by atoms with Crippen molar-refractivity contribution in [3.63, 3.8) is 0 Å². The van der Waals surface area contributed by atoms with Gasteiger partial charge in [-0.15, -0.1) is 0 Å². The monoisotopic (exact) mass is 505 g/mol. The number of fused-ring (bicyclic) bond motifs is 1. The van der Waals surface area contributed by atoms with Crippen LogP contribution >= 0.6 is 11.6 Å². The van der Waals surface area contributed by atoms with Crippen molar-refractivity contribution in [3.05, 3.63) is 50.5 Å². The van der Waals surface area contributed by atoms with E-state index in [1.807, 2.05) is 4.90 Å². The van der Waals surface area contributed by atoms with Gasteiger partial charge in [0.2, 0.25) is 15.0 Å². The van der Waals surface area contributed by atoms with Crippen LogP contribution in [0.4, 0.5) is 10.2 Å². The van der Waals surface area contributed by atoms with Gasteiger partial charge in [0.15, 0.2) is 0 Å². The van der Waals surface area contributed by atoms with E-state index in [0.29, 0.717) is 35.4 Å². The van der Waals surface area contributed by atoms with Gasteiger partial charge in [-0.1, -0.05) is 24.9 Å². The number of nitrogens with zero attached hydrogens (tertiary/aromatic N) is 5. The maximum atomic E-state index is 14.0. The topological polar surface area (TPSA) is 101 Å². The van der Waals surface area contributed by atoms with E-state index < -0.39 is 26.4 Å². The minimum Gasteiger partial charge on any atom is -0.357 e. The summed E-state index contributed by atoms with van der Waals surface area (Å²) in [5, 5.41) is 10.0. The molecule has 0 spiro atoms. The number of nitriles is 1. The summed E-state index contributed by atoms with van der Waals surface area (Å²) in [5.74, 6) is 0.408. The lowest BCUT2D eigenvalue weighted by Crippen LogP contribution is -2.37. The van der Waals surface area contributed by atoms with Gasteiger partial charge in [-0.2, -0.15) is 5.26 Å². The highest BCUT2D eigenvalue weighted by Crippen LogP contribution is 2.35. The highest BCUT2D eigenvalue weighted by atomic mass is 35.5. The third-order valence-electron chi connectivity index (χ3n) is 6.39. The molecule has 0 aliphatic carbocycles. The van der Waals surface area contributed by atoms with Gasteiger partial charge in [0.25, 0.3) is 5.56 Å². The first-order valence-electron chi connectivity index (χ1n) is 11.0. The first-order chi connectivity index (χ1) is 16.1. The molecular formula is C23H25ClFN5O3S. The van der Waals surface area contributed by atoms with Crippen molar-refractivity contribution in [2.45, 2.75) is 37.9 Å². The van der Waals surface area contributed by atoms with Gasteiger partial charge in [-0.3, -0.25) is 9.36 Å². The van der Waals surface area contributed by atoms with Crippen molar-refractivity contribution in [1.82, 2.24) is 14.1 Å². The molecular weight excluding hydrogens is 481 g/mol. The van der Waals surface area contributed by atoms with Crippen LogP contribution in [0, 0.1) is 23.1 Å². The Bertz CT molecular complexity index is 1490. The van der Waals surface area contributed by atoms with Crippen molar-refractivity contribution < 1.29 is 12.8 Å². The first kappa shape index (κ1) is 24.2. The molecule has 1 aromatic carbocycles. The normalized spacial score (nSPS) is 16.7. The number of anilines is 1. The molecule has 0 radical (unpaired) electrons. The van der Waals surface area contributed by atoms with Crippen LogP contribution in [0.5, 0.6) is 0 Å². The molecule has 3 heterocycles. The van der Waals surface area contributed by atoms with E-state index in [9.17, 15) is 22.9 Å². The molecule has 2 aromatic heterocycles. The van der Waals surface area contributed by atoms with E-state index in [1.165, 1.54) is 25.2 Å². The van der Waals surface area contributed by atoms with Gasteiger partial charge < -0.3 is 9.47 Å². The van der Waals surface area contributed by atoms with E-state index >= 15 is 0 Å². The van der Waals surface area contributed by atoms with Gasteiger partial charge >= 0.3 is 0 Å². The number of aromatic nitrogens is 3. The Morgan fingerprint density at radius 1 is 1.35 bits per heavy atom. The predicted octanol–water partition coefficient (Wildman–Crippen LogP) is 3.48. The van der Waals surface area contributed by atoms with Crippen molar-refractivity contribution in [2.24, 2.45) is 13.0 Å². The fourth-order valence-electron chi connectivity index (χ4n) is 4.68. The minimum absolute atomic E-state index is 0.0204. The second kappa shape index (κ2) is 9.04. The summed E-state index contributed by atoms with van der Waals surface area (Å²) < 4.78 is 41.3. The first-order valence-corrected chi connectivity index (χ1v) is 13.3. The largest absolute Gasteiger partial charge is 0.357 e. The number of piperidine rings is 1. The molecule has 8 nitrogen and oxygen atoms in total. The molecule has 0 saturated carbocycles. The van der Waals surface area contributed by atoms with Crippen molar-refractivity contribution in [2.75, 3.05) is 24.2 Å². The summed E-state index contributed by atoms with van der Waals surface area (Å²) in [6.45, 7) is 3.47. The third kappa shape index (κ3) is 4.18. The zero-order valence-electron chi connectivity index (χ0n) is 19.2. The molecule has 1 saturated heterocycles. The molecule has 4 rings (SSSR count). The molecule has 11 heteroatoms. The molecule has 3 aromatic rings. The number of rotatable bonds is 5. The molecule has 0 unspecified atom stereocenters. The van der Waals surface area contributed by atoms with Crippen LogP contribution in [0.15, 0.2) is 28.2 Å². The van der Waals surface area contributed by atoms with Crippen LogP contribution in [0.1, 0.15) is 37.3 Å². The van der Waals surface area contributed by atoms with E-state index in [1.54, 1.807) is 4.57 Å². The standard InChI is InChI=1S/C23H25ClFN5O3S/c1-4-14-6-5-9-29(12-14)21-17(11-26)19-20(22(31)28(2)23(27-19)34(3,32)33)30(21)13-15-10-16(25)7-8-18(15)24/h7-8,10,14H,4-6,9,12-13H2,1-3H3/t14-/m1/s1. The molecule has 34 heavy (non-hydrogen) atoms. The van der Waals surface area contributed by atoms with E-state index in [2.05, 4.69) is 18.0 Å². The van der Waals surface area contributed by atoms with E-state index in [4.69, 9.17) is 11.6 Å². The zero-order chi connectivity index (χ0) is 24.8. The second-order valence-corrected chi connectivity index (χ2v) is 11.0. The van der Waals surface area contributed by atoms with Gasteiger partial charge in [0, 0.05) is 31.4 Å². The van der Waals surface area contributed by atoms with Crippen LogP contribution in [-0.2, 0) is 23.4 Å². The molecule has 1 fully saturated rings. The number of hydrogen-bond donors (Lipinski definition) is 0.